The fourth-order valence-electron chi connectivity index (χ4n) is 2.89. The van der Waals surface area contributed by atoms with Gasteiger partial charge in [-0.3, -0.25) is 14.4 Å². The minimum atomic E-state index is -0.300. The first-order chi connectivity index (χ1) is 13.1. The summed E-state index contributed by atoms with van der Waals surface area (Å²) in [7, 11) is 0. The summed E-state index contributed by atoms with van der Waals surface area (Å²) in [5.41, 5.74) is 2.80. The summed E-state index contributed by atoms with van der Waals surface area (Å²) in [6.45, 7) is 9.01. The van der Waals surface area contributed by atoms with Gasteiger partial charge in [-0.25, -0.2) is 0 Å². The van der Waals surface area contributed by atoms with Crippen LogP contribution in [0.2, 0.25) is 0 Å². The van der Waals surface area contributed by atoms with Gasteiger partial charge in [-0.15, -0.1) is 0 Å². The lowest BCUT2D eigenvalue weighted by Gasteiger charge is -2.29. The highest BCUT2D eigenvalue weighted by atomic mass is 16.2. The van der Waals surface area contributed by atoms with Crippen molar-refractivity contribution in [3.63, 3.8) is 0 Å². The summed E-state index contributed by atoms with van der Waals surface area (Å²) in [4.78, 5) is 37.4. The molecule has 2 N–H and O–H groups in total. The Bertz CT molecular complexity index is 867. The van der Waals surface area contributed by atoms with E-state index in [1.54, 1.807) is 24.3 Å². The van der Waals surface area contributed by atoms with Crippen molar-refractivity contribution in [2.75, 3.05) is 22.1 Å². The van der Waals surface area contributed by atoms with Crippen molar-refractivity contribution >= 4 is 34.8 Å². The highest BCUT2D eigenvalue weighted by molar-refractivity contribution is 6.02. The second-order valence-electron chi connectivity index (χ2n) is 7.68. The van der Waals surface area contributed by atoms with Gasteiger partial charge in [0.15, 0.2) is 0 Å². The van der Waals surface area contributed by atoms with E-state index in [1.165, 1.54) is 18.7 Å². The molecule has 0 fully saturated rings. The van der Waals surface area contributed by atoms with Gasteiger partial charge < -0.3 is 15.5 Å². The third-order valence-electron chi connectivity index (χ3n) is 4.17. The highest BCUT2D eigenvalue weighted by Gasteiger charge is 2.24. The van der Waals surface area contributed by atoms with E-state index in [4.69, 9.17) is 0 Å². The number of amides is 3. The number of para-hydroxylation sites is 1. The average molecular weight is 381 g/mol. The minimum absolute atomic E-state index is 0.0874. The van der Waals surface area contributed by atoms with Crippen molar-refractivity contribution in [3.8, 4) is 0 Å². The minimum Gasteiger partial charge on any atom is -0.326 e. The number of nitrogens with zero attached hydrogens (tertiary/aromatic N) is 1. The van der Waals surface area contributed by atoms with E-state index in [-0.39, 0.29) is 29.7 Å². The lowest BCUT2D eigenvalue weighted by Crippen LogP contribution is -2.38. The molecule has 0 saturated heterocycles. The van der Waals surface area contributed by atoms with E-state index in [1.807, 2.05) is 24.3 Å². The largest absolute Gasteiger partial charge is 0.326 e. The molecule has 0 aliphatic rings. The molecular weight excluding hydrogens is 354 g/mol. The van der Waals surface area contributed by atoms with Crippen LogP contribution in [0, 0.1) is 0 Å². The van der Waals surface area contributed by atoms with Gasteiger partial charge in [0, 0.05) is 30.9 Å². The van der Waals surface area contributed by atoms with Gasteiger partial charge in [-0.1, -0.05) is 39.0 Å². The van der Waals surface area contributed by atoms with Crippen LogP contribution in [0.4, 0.5) is 17.1 Å². The Morgan fingerprint density at radius 2 is 1.39 bits per heavy atom. The molecule has 0 saturated carbocycles. The van der Waals surface area contributed by atoms with Crippen molar-refractivity contribution in [1.82, 2.24) is 0 Å². The molecule has 0 unspecified atom stereocenters. The number of hydrogen-bond donors (Lipinski definition) is 2. The maximum absolute atomic E-state index is 12.5. The first kappa shape index (κ1) is 21.2. The van der Waals surface area contributed by atoms with Crippen LogP contribution < -0.4 is 15.5 Å². The Hall–Kier alpha value is -3.15. The molecule has 0 radical (unpaired) electrons. The monoisotopic (exact) mass is 381 g/mol. The fourth-order valence-corrected chi connectivity index (χ4v) is 2.89. The lowest BCUT2D eigenvalue weighted by molar-refractivity contribution is -0.120. The molecule has 0 atom stereocenters. The number of carbonyl (C=O) groups excluding carboxylic acids is 3. The van der Waals surface area contributed by atoms with Crippen LogP contribution in [0.5, 0.6) is 0 Å². The fraction of sp³-hybridized carbons (Fsp3) is 0.318. The van der Waals surface area contributed by atoms with E-state index < -0.39 is 0 Å². The predicted octanol–water partition coefficient (Wildman–Crippen LogP) is 3.93. The summed E-state index contributed by atoms with van der Waals surface area (Å²) in [6.07, 6.45) is 0. The molecule has 0 heterocycles. The number of hydrogen-bond acceptors (Lipinski definition) is 3. The Morgan fingerprint density at radius 3 is 1.89 bits per heavy atom. The quantitative estimate of drug-likeness (QED) is 0.823. The van der Waals surface area contributed by atoms with Crippen LogP contribution in [0.15, 0.2) is 48.5 Å². The molecule has 0 aromatic heterocycles. The van der Waals surface area contributed by atoms with Gasteiger partial charge in [0.05, 0.1) is 0 Å². The first-order valence-corrected chi connectivity index (χ1v) is 9.13. The molecule has 2 rings (SSSR count). The Morgan fingerprint density at radius 1 is 0.857 bits per heavy atom. The summed E-state index contributed by atoms with van der Waals surface area (Å²) in [6, 6.07) is 14.4. The summed E-state index contributed by atoms with van der Waals surface area (Å²) in [5, 5.41) is 5.46. The van der Waals surface area contributed by atoms with Gasteiger partial charge in [0.25, 0.3) is 0 Å². The zero-order valence-electron chi connectivity index (χ0n) is 17.0. The molecule has 2 aromatic carbocycles. The molecule has 0 spiro atoms. The average Bonchev–Trinajstić information content (AvgIpc) is 2.60. The molecule has 6 nitrogen and oxygen atoms in total. The van der Waals surface area contributed by atoms with Crippen molar-refractivity contribution < 1.29 is 14.4 Å². The highest BCUT2D eigenvalue weighted by Crippen LogP contribution is 2.32. The van der Waals surface area contributed by atoms with E-state index in [9.17, 15) is 14.4 Å². The lowest BCUT2D eigenvalue weighted by atomic mass is 9.85. The van der Waals surface area contributed by atoms with Crippen molar-refractivity contribution in [2.45, 2.75) is 40.0 Å². The van der Waals surface area contributed by atoms with E-state index in [0.29, 0.717) is 11.4 Å². The molecule has 28 heavy (non-hydrogen) atoms. The molecule has 6 heteroatoms. The first-order valence-electron chi connectivity index (χ1n) is 9.13. The standard InChI is InChI=1S/C22H27N3O3/c1-15(26)23-17-10-12-18(13-11-17)24-21(28)14-25(16(2)27)20-9-7-6-8-19(20)22(3,4)5/h6-13H,14H2,1-5H3,(H,23,26)(H,24,28). The number of anilines is 3. The topological polar surface area (TPSA) is 78.5 Å². The van der Waals surface area contributed by atoms with Gasteiger partial charge in [0.2, 0.25) is 17.7 Å². The van der Waals surface area contributed by atoms with Crippen molar-refractivity contribution in [3.05, 3.63) is 54.1 Å². The maximum Gasteiger partial charge on any atom is 0.244 e. The smallest absolute Gasteiger partial charge is 0.244 e. The van der Waals surface area contributed by atoms with Gasteiger partial charge in [-0.2, -0.15) is 0 Å². The second-order valence-corrected chi connectivity index (χ2v) is 7.68. The molecule has 2 aromatic rings. The van der Waals surface area contributed by atoms with E-state index in [0.717, 1.165) is 11.3 Å². The van der Waals surface area contributed by atoms with Crippen LogP contribution in [0.3, 0.4) is 0 Å². The Balaban J connectivity index is 2.16. The molecule has 3 amide bonds. The molecule has 148 valence electrons. The second kappa shape index (κ2) is 8.69. The zero-order valence-corrected chi connectivity index (χ0v) is 17.0. The van der Waals surface area contributed by atoms with Crippen LogP contribution in [-0.4, -0.2) is 24.3 Å². The number of benzene rings is 2. The van der Waals surface area contributed by atoms with Crippen LogP contribution >= 0.6 is 0 Å². The van der Waals surface area contributed by atoms with E-state index >= 15 is 0 Å². The summed E-state index contributed by atoms with van der Waals surface area (Å²) >= 11 is 0. The van der Waals surface area contributed by atoms with Gasteiger partial charge >= 0.3 is 0 Å². The maximum atomic E-state index is 12.5. The Kier molecular flexibility index (Phi) is 6.57. The zero-order chi connectivity index (χ0) is 20.9. The van der Waals surface area contributed by atoms with Crippen LogP contribution in [0.1, 0.15) is 40.2 Å². The molecular formula is C22H27N3O3. The van der Waals surface area contributed by atoms with Crippen molar-refractivity contribution in [1.29, 1.82) is 0 Å². The van der Waals surface area contributed by atoms with Gasteiger partial charge in [-0.05, 0) is 41.3 Å². The molecule has 0 aliphatic carbocycles. The molecule has 0 aliphatic heterocycles. The third kappa shape index (κ3) is 5.67. The third-order valence-corrected chi connectivity index (χ3v) is 4.17. The van der Waals surface area contributed by atoms with Crippen molar-refractivity contribution in [2.24, 2.45) is 0 Å². The predicted molar refractivity (Wildman–Crippen MR) is 113 cm³/mol. The number of carbonyl (C=O) groups is 3. The Labute approximate surface area is 165 Å². The summed E-state index contributed by atoms with van der Waals surface area (Å²) < 4.78 is 0. The summed E-state index contributed by atoms with van der Waals surface area (Å²) in [5.74, 6) is -0.662. The van der Waals surface area contributed by atoms with E-state index in [2.05, 4.69) is 31.4 Å². The van der Waals surface area contributed by atoms with Gasteiger partial charge in [0.1, 0.15) is 6.54 Å². The van der Waals surface area contributed by atoms with Crippen LogP contribution in [0.25, 0.3) is 0 Å². The normalized spacial score (nSPS) is 10.9. The number of nitrogens with one attached hydrogen (secondary N) is 2. The van der Waals surface area contributed by atoms with Crippen LogP contribution in [-0.2, 0) is 19.8 Å². The SMILES string of the molecule is CC(=O)Nc1ccc(NC(=O)CN(C(C)=O)c2ccccc2C(C)(C)C)cc1. The number of rotatable bonds is 5. The molecule has 0 bridgehead atoms.